The zero-order chi connectivity index (χ0) is 36.8. The largest absolute Gasteiger partial charge is 0.474 e. The minimum absolute atomic E-state index is 0.267. The number of amides is 2. The highest BCUT2D eigenvalue weighted by atomic mass is 19.1. The van der Waals surface area contributed by atoms with Crippen molar-refractivity contribution < 1.29 is 18.7 Å². The number of nitrogens with one attached hydrogen (secondary N) is 3. The molecule has 3 aromatic carbocycles. The minimum Gasteiger partial charge on any atom is -0.474 e. The molecule has 3 N–H and O–H groups in total. The molecule has 0 radical (unpaired) electrons. The van der Waals surface area contributed by atoms with Gasteiger partial charge in [0, 0.05) is 93.9 Å². The van der Waals surface area contributed by atoms with Crippen molar-refractivity contribution in [2.24, 2.45) is 0 Å². The molecule has 1 atom stereocenters. The van der Waals surface area contributed by atoms with E-state index in [1.165, 1.54) is 11.6 Å². The Bertz CT molecular complexity index is 2240. The van der Waals surface area contributed by atoms with Gasteiger partial charge < -0.3 is 20.3 Å². The van der Waals surface area contributed by atoms with Crippen LogP contribution in [-0.2, 0) is 16.1 Å². The number of piperazine rings is 1. The summed E-state index contributed by atoms with van der Waals surface area (Å²) in [5, 5.41) is 10.1. The van der Waals surface area contributed by atoms with Crippen molar-refractivity contribution in [1.29, 1.82) is 0 Å². The van der Waals surface area contributed by atoms with E-state index in [-0.39, 0.29) is 24.1 Å². The van der Waals surface area contributed by atoms with Crippen LogP contribution in [0.3, 0.4) is 0 Å². The maximum Gasteiger partial charge on any atom is 0.237 e. The van der Waals surface area contributed by atoms with Gasteiger partial charge in [-0.25, -0.2) is 19.3 Å². The van der Waals surface area contributed by atoms with E-state index < -0.39 is 5.92 Å². The first kappa shape index (κ1) is 34.1. The second kappa shape index (κ2) is 14.3. The number of imide groups is 1. The van der Waals surface area contributed by atoms with E-state index in [0.29, 0.717) is 42.1 Å². The summed E-state index contributed by atoms with van der Waals surface area (Å²) in [6.45, 7) is 9.81. The molecular weight excluding hydrogens is 686 g/mol. The Morgan fingerprint density at radius 3 is 2.59 bits per heavy atom. The molecule has 9 rings (SSSR count). The van der Waals surface area contributed by atoms with Crippen LogP contribution in [-0.4, -0.2) is 95.0 Å². The highest BCUT2D eigenvalue weighted by Gasteiger charge is 2.35. The van der Waals surface area contributed by atoms with Gasteiger partial charge in [-0.05, 0) is 65.9 Å². The quantitative estimate of drug-likeness (QED) is 0.182. The van der Waals surface area contributed by atoms with Crippen LogP contribution in [0.1, 0.15) is 35.4 Å². The number of nitrogens with zero attached hydrogens (tertiary/aromatic N) is 6. The third kappa shape index (κ3) is 6.80. The summed E-state index contributed by atoms with van der Waals surface area (Å²) in [5.41, 5.74) is 8.35. The van der Waals surface area contributed by atoms with E-state index in [9.17, 15) is 9.59 Å². The van der Waals surface area contributed by atoms with Gasteiger partial charge in [0.1, 0.15) is 18.1 Å². The third-order valence-electron chi connectivity index (χ3n) is 11.2. The minimum atomic E-state index is -0.482. The summed E-state index contributed by atoms with van der Waals surface area (Å²) < 4.78 is 20.8. The van der Waals surface area contributed by atoms with Crippen molar-refractivity contribution in [3.8, 4) is 17.0 Å². The smallest absolute Gasteiger partial charge is 0.237 e. The zero-order valence-electron chi connectivity index (χ0n) is 30.1. The lowest BCUT2D eigenvalue weighted by molar-refractivity contribution is -0.134. The van der Waals surface area contributed by atoms with Gasteiger partial charge in [0.15, 0.2) is 0 Å². The summed E-state index contributed by atoms with van der Waals surface area (Å²) in [5.74, 6) is -0.217. The van der Waals surface area contributed by atoms with Gasteiger partial charge in [-0.3, -0.25) is 24.7 Å². The maximum atomic E-state index is 15.1. The van der Waals surface area contributed by atoms with Crippen molar-refractivity contribution in [3.63, 3.8) is 0 Å². The average Bonchev–Trinajstić information content (AvgIpc) is 3.16. The molecular formula is C41H42FN9O3. The second-order valence-corrected chi connectivity index (χ2v) is 14.6. The van der Waals surface area contributed by atoms with E-state index in [0.717, 1.165) is 91.3 Å². The molecule has 1 unspecified atom stereocenters. The molecule has 13 heteroatoms. The standard InChI is InChI=1S/C41H42FN9O3/c1-25-33(21-44-40-38(25)43-12-17-54-40)28-4-5-29-20-45-41(47-35(29)19-28)46-30-7-2-26(3-8-30)22-49-13-15-50(16-14-49)31-23-51(24-31)36-10-6-27(18-34(36)42)32-9-11-37(52)48-39(32)53/h2-8,10,18-21,31-32,43H,9,11-17,22-24H2,1H3,(H,45,46,47)(H,48,52,53). The van der Waals surface area contributed by atoms with E-state index in [1.54, 1.807) is 6.07 Å². The Morgan fingerprint density at radius 2 is 1.80 bits per heavy atom. The predicted molar refractivity (Wildman–Crippen MR) is 206 cm³/mol. The van der Waals surface area contributed by atoms with Gasteiger partial charge in [-0.2, -0.15) is 0 Å². The van der Waals surface area contributed by atoms with E-state index in [1.807, 2.05) is 24.5 Å². The highest BCUT2D eigenvalue weighted by molar-refractivity contribution is 6.01. The number of pyridine rings is 1. The van der Waals surface area contributed by atoms with E-state index >= 15 is 4.39 Å². The fraction of sp³-hybridized carbons (Fsp3) is 0.341. The van der Waals surface area contributed by atoms with Crippen molar-refractivity contribution in [2.75, 3.05) is 68.0 Å². The number of piperidine rings is 1. The monoisotopic (exact) mass is 727 g/mol. The number of benzene rings is 3. The summed E-state index contributed by atoms with van der Waals surface area (Å²) in [6.07, 6.45) is 4.40. The lowest BCUT2D eigenvalue weighted by atomic mass is 9.90. The summed E-state index contributed by atoms with van der Waals surface area (Å²) in [4.78, 5) is 44.7. The first-order valence-corrected chi connectivity index (χ1v) is 18.7. The predicted octanol–water partition coefficient (Wildman–Crippen LogP) is 5.21. The zero-order valence-corrected chi connectivity index (χ0v) is 30.1. The number of ether oxygens (including phenoxy) is 1. The Morgan fingerprint density at radius 1 is 0.963 bits per heavy atom. The lowest BCUT2D eigenvalue weighted by Gasteiger charge is -2.49. The lowest BCUT2D eigenvalue weighted by Crippen LogP contribution is -2.63. The topological polar surface area (TPSA) is 128 Å². The number of fused-ring (bicyclic) bond motifs is 2. The Labute approximate surface area is 312 Å². The van der Waals surface area contributed by atoms with Gasteiger partial charge >= 0.3 is 0 Å². The van der Waals surface area contributed by atoms with Gasteiger partial charge in [0.25, 0.3) is 0 Å². The van der Waals surface area contributed by atoms with Crippen molar-refractivity contribution in [3.05, 3.63) is 95.6 Å². The molecule has 54 heavy (non-hydrogen) atoms. The summed E-state index contributed by atoms with van der Waals surface area (Å²) in [7, 11) is 0. The van der Waals surface area contributed by atoms with Crippen LogP contribution in [0, 0.1) is 12.7 Å². The number of hydrogen-bond acceptors (Lipinski definition) is 11. The number of aromatic nitrogens is 3. The molecule has 12 nitrogen and oxygen atoms in total. The summed E-state index contributed by atoms with van der Waals surface area (Å²) in [6, 6.07) is 20.1. The first-order valence-electron chi connectivity index (χ1n) is 18.7. The van der Waals surface area contributed by atoms with Crippen LogP contribution in [0.2, 0.25) is 0 Å². The third-order valence-corrected chi connectivity index (χ3v) is 11.2. The van der Waals surface area contributed by atoms with Crippen LogP contribution in [0.5, 0.6) is 5.88 Å². The van der Waals surface area contributed by atoms with E-state index in [4.69, 9.17) is 9.72 Å². The average molecular weight is 728 g/mol. The Balaban J connectivity index is 0.762. The molecule has 2 amide bonds. The fourth-order valence-electron chi connectivity index (χ4n) is 8.02. The van der Waals surface area contributed by atoms with Crippen LogP contribution < -0.4 is 25.6 Å². The van der Waals surface area contributed by atoms with Gasteiger partial charge in [-0.1, -0.05) is 30.3 Å². The molecule has 4 aliphatic rings. The molecule has 0 aliphatic carbocycles. The normalized spacial score (nSPS) is 19.4. The number of hydrogen-bond donors (Lipinski definition) is 3. The Kier molecular flexibility index (Phi) is 9.03. The van der Waals surface area contributed by atoms with Crippen LogP contribution in [0.4, 0.5) is 27.4 Å². The molecule has 6 heterocycles. The molecule has 2 aromatic heterocycles. The van der Waals surface area contributed by atoms with Crippen molar-refractivity contribution in [2.45, 2.75) is 38.3 Å². The molecule has 3 saturated heterocycles. The van der Waals surface area contributed by atoms with Crippen LogP contribution >= 0.6 is 0 Å². The Hall–Kier alpha value is -5.66. The summed E-state index contributed by atoms with van der Waals surface area (Å²) >= 11 is 0. The number of carbonyl (C=O) groups excluding carboxylic acids is 2. The first-order chi connectivity index (χ1) is 26.3. The van der Waals surface area contributed by atoms with Crippen LogP contribution in [0.15, 0.2) is 73.1 Å². The molecule has 4 aliphatic heterocycles. The highest BCUT2D eigenvalue weighted by Crippen LogP contribution is 2.36. The maximum absolute atomic E-state index is 15.1. The number of anilines is 4. The van der Waals surface area contributed by atoms with Gasteiger partial charge in [0.2, 0.25) is 23.6 Å². The number of rotatable bonds is 8. The SMILES string of the molecule is Cc1c(-c2ccc3cnc(Nc4ccc(CN5CCN(C6CN(c7ccc(C8CCC(=O)NC8=O)cc7F)C6)CC5)cc4)nc3c2)cnc2c1NCCO2. The van der Waals surface area contributed by atoms with Gasteiger partial charge in [-0.15, -0.1) is 0 Å². The van der Waals surface area contributed by atoms with Crippen molar-refractivity contribution >= 4 is 45.7 Å². The second-order valence-electron chi connectivity index (χ2n) is 14.6. The molecule has 5 aromatic rings. The molecule has 3 fully saturated rings. The van der Waals surface area contributed by atoms with Crippen LogP contribution in [0.25, 0.3) is 22.0 Å². The fourth-order valence-corrected chi connectivity index (χ4v) is 8.02. The molecule has 276 valence electrons. The molecule has 0 spiro atoms. The van der Waals surface area contributed by atoms with E-state index in [2.05, 4.69) is 83.9 Å². The molecule has 0 bridgehead atoms. The van der Waals surface area contributed by atoms with Crippen molar-refractivity contribution in [1.82, 2.24) is 30.1 Å². The van der Waals surface area contributed by atoms with Gasteiger partial charge in [0.05, 0.1) is 17.1 Å². The number of carbonyl (C=O) groups is 2. The molecule has 0 saturated carbocycles. The number of halogens is 1.